The summed E-state index contributed by atoms with van der Waals surface area (Å²) in [5, 5.41) is 11.6. The molecule has 1 heterocycles. The smallest absolute Gasteiger partial charge is 0.337 e. The number of amides is 3. The lowest BCUT2D eigenvalue weighted by atomic mass is 9.81. The number of para-hydroxylation sites is 1. The van der Waals surface area contributed by atoms with E-state index in [2.05, 4.69) is 5.32 Å². The normalized spacial score (nSPS) is 29.8. The molecule has 0 spiro atoms. The van der Waals surface area contributed by atoms with Crippen LogP contribution in [0.3, 0.4) is 0 Å². The lowest BCUT2D eigenvalue weighted by Crippen LogP contribution is -2.39. The molecular formula is C18H18N2O5. The molecule has 7 heteroatoms. The zero-order valence-corrected chi connectivity index (χ0v) is 13.5. The standard InChI is InChI=1S/C18H18N2O5/c21-13(19-12-4-2-1-3-11(12)18(24)25)8-20-16(22)14-9-5-6-10(7-9)15(14)17(20)23/h1-4,9-10,14-15H,5-8H2,(H,19,21)(H,24,25)/t9-,10+,14-,15+. The lowest BCUT2D eigenvalue weighted by Gasteiger charge is -2.19. The highest BCUT2D eigenvalue weighted by atomic mass is 16.4. The van der Waals surface area contributed by atoms with Gasteiger partial charge in [-0.3, -0.25) is 19.3 Å². The second-order valence-corrected chi connectivity index (χ2v) is 7.05. The number of imide groups is 1. The summed E-state index contributed by atoms with van der Waals surface area (Å²) in [5.41, 5.74) is 0.115. The monoisotopic (exact) mass is 342 g/mol. The Bertz CT molecular complexity index is 761. The lowest BCUT2D eigenvalue weighted by molar-refractivity contribution is -0.143. The van der Waals surface area contributed by atoms with Crippen molar-refractivity contribution in [3.05, 3.63) is 29.8 Å². The van der Waals surface area contributed by atoms with Crippen LogP contribution in [0.5, 0.6) is 0 Å². The van der Waals surface area contributed by atoms with Gasteiger partial charge in [0.1, 0.15) is 6.54 Å². The van der Waals surface area contributed by atoms with Crippen LogP contribution in [-0.2, 0) is 14.4 Å². The molecule has 2 N–H and O–H groups in total. The number of likely N-dealkylation sites (tertiary alicyclic amines) is 1. The summed E-state index contributed by atoms with van der Waals surface area (Å²) in [6.07, 6.45) is 2.91. The van der Waals surface area contributed by atoms with Crippen molar-refractivity contribution in [2.24, 2.45) is 23.7 Å². The van der Waals surface area contributed by atoms with Crippen molar-refractivity contribution in [3.63, 3.8) is 0 Å². The van der Waals surface area contributed by atoms with Crippen LogP contribution < -0.4 is 5.32 Å². The summed E-state index contributed by atoms with van der Waals surface area (Å²) in [5.74, 6) is -2.19. The Balaban J connectivity index is 1.48. The summed E-state index contributed by atoms with van der Waals surface area (Å²) >= 11 is 0. The Morgan fingerprint density at radius 1 is 1.08 bits per heavy atom. The van der Waals surface area contributed by atoms with Gasteiger partial charge in [0.25, 0.3) is 0 Å². The van der Waals surface area contributed by atoms with Gasteiger partial charge in [-0.15, -0.1) is 0 Å². The predicted molar refractivity (Wildman–Crippen MR) is 86.6 cm³/mol. The molecule has 3 fully saturated rings. The van der Waals surface area contributed by atoms with Crippen LogP contribution in [-0.4, -0.2) is 40.2 Å². The van der Waals surface area contributed by atoms with E-state index in [1.165, 1.54) is 12.1 Å². The number of rotatable bonds is 4. The fourth-order valence-electron chi connectivity index (χ4n) is 4.74. The zero-order chi connectivity index (χ0) is 17.7. The molecule has 3 amide bonds. The minimum absolute atomic E-state index is 0.0372. The Morgan fingerprint density at radius 3 is 2.28 bits per heavy atom. The van der Waals surface area contributed by atoms with Gasteiger partial charge >= 0.3 is 5.97 Å². The number of carbonyl (C=O) groups is 4. The SMILES string of the molecule is O=C(CN1C(=O)[C@@H]2[C@@H]3CC[C@@H](C3)[C@@H]2C1=O)Nc1ccccc1C(=O)O. The van der Waals surface area contributed by atoms with Gasteiger partial charge in [-0.25, -0.2) is 4.79 Å². The van der Waals surface area contributed by atoms with Crippen LogP contribution in [0.15, 0.2) is 24.3 Å². The van der Waals surface area contributed by atoms with E-state index < -0.39 is 11.9 Å². The molecule has 0 radical (unpaired) electrons. The summed E-state index contributed by atoms with van der Waals surface area (Å²) in [6, 6.07) is 6.02. The number of nitrogens with zero attached hydrogens (tertiary/aromatic N) is 1. The second-order valence-electron chi connectivity index (χ2n) is 7.05. The number of aromatic carboxylic acids is 1. The molecule has 4 atom stereocenters. The molecule has 3 aliphatic rings. The van der Waals surface area contributed by atoms with Gasteiger partial charge in [-0.05, 0) is 43.2 Å². The molecule has 2 bridgehead atoms. The van der Waals surface area contributed by atoms with Gasteiger partial charge < -0.3 is 10.4 Å². The van der Waals surface area contributed by atoms with Crippen LogP contribution in [0.4, 0.5) is 5.69 Å². The fourth-order valence-corrected chi connectivity index (χ4v) is 4.74. The van der Waals surface area contributed by atoms with Gasteiger partial charge in [-0.1, -0.05) is 12.1 Å². The zero-order valence-electron chi connectivity index (χ0n) is 13.5. The highest BCUT2D eigenvalue weighted by molar-refractivity contribution is 6.10. The van der Waals surface area contributed by atoms with Crippen molar-refractivity contribution < 1.29 is 24.3 Å². The summed E-state index contributed by atoms with van der Waals surface area (Å²) in [7, 11) is 0. The minimum Gasteiger partial charge on any atom is -0.478 e. The molecule has 4 rings (SSSR count). The van der Waals surface area contributed by atoms with E-state index in [0.29, 0.717) is 0 Å². The molecule has 7 nitrogen and oxygen atoms in total. The Kier molecular flexibility index (Phi) is 3.59. The quantitative estimate of drug-likeness (QED) is 0.804. The average molecular weight is 342 g/mol. The first kappa shape index (κ1) is 15.8. The van der Waals surface area contributed by atoms with Gasteiger partial charge in [0.2, 0.25) is 17.7 Å². The summed E-state index contributed by atoms with van der Waals surface area (Å²) in [4.78, 5) is 49.7. The third kappa shape index (κ3) is 2.42. The number of hydrogen-bond donors (Lipinski definition) is 2. The van der Waals surface area contributed by atoms with E-state index in [4.69, 9.17) is 5.11 Å². The van der Waals surface area contributed by atoms with Gasteiger partial charge in [-0.2, -0.15) is 0 Å². The second kappa shape index (κ2) is 5.68. The van der Waals surface area contributed by atoms with Crippen LogP contribution in [0.2, 0.25) is 0 Å². The first-order valence-electron chi connectivity index (χ1n) is 8.44. The van der Waals surface area contributed by atoms with Crippen molar-refractivity contribution >= 4 is 29.4 Å². The number of nitrogens with one attached hydrogen (secondary N) is 1. The number of carbonyl (C=O) groups excluding carboxylic acids is 3. The Morgan fingerprint density at radius 2 is 1.68 bits per heavy atom. The first-order chi connectivity index (χ1) is 12.0. The van der Waals surface area contributed by atoms with E-state index in [1.54, 1.807) is 12.1 Å². The van der Waals surface area contributed by atoms with Crippen molar-refractivity contribution in [2.75, 3.05) is 11.9 Å². The molecule has 1 saturated heterocycles. The Labute approximate surface area is 144 Å². The molecule has 25 heavy (non-hydrogen) atoms. The molecule has 2 aliphatic carbocycles. The van der Waals surface area contributed by atoms with Gasteiger partial charge in [0.05, 0.1) is 23.1 Å². The topological polar surface area (TPSA) is 104 Å². The number of anilines is 1. The minimum atomic E-state index is -1.16. The fraction of sp³-hybridized carbons (Fsp3) is 0.444. The largest absolute Gasteiger partial charge is 0.478 e. The van der Waals surface area contributed by atoms with Gasteiger partial charge in [0.15, 0.2) is 0 Å². The third-order valence-electron chi connectivity index (χ3n) is 5.75. The maximum atomic E-state index is 12.6. The third-order valence-corrected chi connectivity index (χ3v) is 5.75. The van der Waals surface area contributed by atoms with Gasteiger partial charge in [0, 0.05) is 0 Å². The van der Waals surface area contributed by atoms with E-state index >= 15 is 0 Å². The molecule has 130 valence electrons. The number of hydrogen-bond acceptors (Lipinski definition) is 4. The van der Waals surface area contributed by atoms with Crippen LogP contribution in [0.1, 0.15) is 29.6 Å². The molecular weight excluding hydrogens is 324 g/mol. The summed E-state index contributed by atoms with van der Waals surface area (Å²) < 4.78 is 0. The van der Waals surface area contributed by atoms with Crippen molar-refractivity contribution in [1.29, 1.82) is 0 Å². The maximum absolute atomic E-state index is 12.6. The number of carboxylic acids is 1. The van der Waals surface area contributed by atoms with E-state index in [-0.39, 0.29) is 53.3 Å². The first-order valence-corrected chi connectivity index (χ1v) is 8.44. The summed E-state index contributed by atoms with van der Waals surface area (Å²) in [6.45, 7) is -0.363. The van der Waals surface area contributed by atoms with E-state index in [1.807, 2.05) is 0 Å². The van der Waals surface area contributed by atoms with Crippen molar-refractivity contribution in [3.8, 4) is 0 Å². The molecule has 1 aromatic carbocycles. The highest BCUT2D eigenvalue weighted by Crippen LogP contribution is 2.56. The average Bonchev–Trinajstić information content (AvgIpc) is 3.25. The highest BCUT2D eigenvalue weighted by Gasteiger charge is 2.60. The molecule has 1 aromatic rings. The number of carboxylic acid groups (broad SMARTS) is 1. The number of fused-ring (bicyclic) bond motifs is 5. The van der Waals surface area contributed by atoms with E-state index in [9.17, 15) is 19.2 Å². The molecule has 1 aliphatic heterocycles. The Hall–Kier alpha value is -2.70. The molecule has 0 aromatic heterocycles. The molecule has 0 unspecified atom stereocenters. The van der Waals surface area contributed by atoms with Crippen LogP contribution >= 0.6 is 0 Å². The van der Waals surface area contributed by atoms with Crippen molar-refractivity contribution in [1.82, 2.24) is 4.90 Å². The van der Waals surface area contributed by atoms with Crippen molar-refractivity contribution in [2.45, 2.75) is 19.3 Å². The van der Waals surface area contributed by atoms with Crippen LogP contribution in [0.25, 0.3) is 0 Å². The number of benzene rings is 1. The molecule has 2 saturated carbocycles. The van der Waals surface area contributed by atoms with Crippen LogP contribution in [0, 0.1) is 23.7 Å². The predicted octanol–water partition coefficient (Wildman–Crippen LogP) is 1.35. The maximum Gasteiger partial charge on any atom is 0.337 e. The van der Waals surface area contributed by atoms with E-state index in [0.717, 1.165) is 24.2 Å².